The van der Waals surface area contributed by atoms with Gasteiger partial charge in [0, 0.05) is 22.9 Å². The van der Waals surface area contributed by atoms with Gasteiger partial charge in [-0.15, -0.1) is 22.7 Å². The topological polar surface area (TPSA) is 76.9 Å². The van der Waals surface area contributed by atoms with Gasteiger partial charge in [-0.1, -0.05) is 6.92 Å². The van der Waals surface area contributed by atoms with Crippen molar-refractivity contribution in [3.8, 4) is 10.6 Å². The Balaban J connectivity index is 1.77. The smallest absolute Gasteiger partial charge is 0.277 e. The average molecular weight is 360 g/mol. The Morgan fingerprint density at radius 2 is 2.12 bits per heavy atom. The standard InChI is InChI=1S/C16H16N4O2S2/c1-3-8-20-14(21)7-5-11(19-20)15(22)18-16-17-12(9-23-16)13-6-4-10(2)24-13/h4-7,9H,3,8H2,1-2H3,(H,17,18,22). The monoisotopic (exact) mass is 360 g/mol. The van der Waals surface area contributed by atoms with Gasteiger partial charge in [0.25, 0.3) is 11.5 Å². The third-order valence-electron chi connectivity index (χ3n) is 3.25. The number of thiazole rings is 1. The second-order valence-electron chi connectivity index (χ2n) is 5.18. The largest absolute Gasteiger partial charge is 0.296 e. The first-order chi connectivity index (χ1) is 11.6. The summed E-state index contributed by atoms with van der Waals surface area (Å²) < 4.78 is 1.30. The maximum absolute atomic E-state index is 12.3. The lowest BCUT2D eigenvalue weighted by atomic mass is 10.3. The summed E-state index contributed by atoms with van der Waals surface area (Å²) in [5.41, 5.74) is 0.835. The van der Waals surface area contributed by atoms with E-state index < -0.39 is 0 Å². The molecule has 3 rings (SSSR count). The lowest BCUT2D eigenvalue weighted by Gasteiger charge is -2.05. The average Bonchev–Trinajstić information content (AvgIpc) is 3.18. The minimum Gasteiger partial charge on any atom is -0.296 e. The van der Waals surface area contributed by atoms with Crippen LogP contribution in [0.5, 0.6) is 0 Å². The molecule has 3 aromatic heterocycles. The number of thiophene rings is 1. The van der Waals surface area contributed by atoms with Gasteiger partial charge in [-0.05, 0) is 31.5 Å². The van der Waals surface area contributed by atoms with E-state index in [0.717, 1.165) is 17.0 Å². The molecule has 124 valence electrons. The van der Waals surface area contributed by atoms with Crippen molar-refractivity contribution in [2.75, 3.05) is 5.32 Å². The van der Waals surface area contributed by atoms with Crippen LogP contribution in [0.3, 0.4) is 0 Å². The minimum atomic E-state index is -0.372. The molecule has 8 heteroatoms. The minimum absolute atomic E-state index is 0.201. The zero-order chi connectivity index (χ0) is 17.1. The van der Waals surface area contributed by atoms with E-state index in [0.29, 0.717) is 11.7 Å². The highest BCUT2D eigenvalue weighted by atomic mass is 32.1. The van der Waals surface area contributed by atoms with Crippen LogP contribution in [-0.2, 0) is 6.54 Å². The number of aromatic nitrogens is 3. The summed E-state index contributed by atoms with van der Waals surface area (Å²) in [5.74, 6) is -0.372. The molecule has 0 aliphatic carbocycles. The number of anilines is 1. The quantitative estimate of drug-likeness (QED) is 0.756. The van der Waals surface area contributed by atoms with Crippen LogP contribution in [0.25, 0.3) is 10.6 Å². The van der Waals surface area contributed by atoms with Crippen LogP contribution in [0.2, 0.25) is 0 Å². The summed E-state index contributed by atoms with van der Waals surface area (Å²) in [6.07, 6.45) is 0.772. The van der Waals surface area contributed by atoms with E-state index >= 15 is 0 Å². The molecule has 0 atom stereocenters. The van der Waals surface area contributed by atoms with Crippen molar-refractivity contribution in [3.05, 3.63) is 50.6 Å². The number of aryl methyl sites for hydroxylation is 2. The van der Waals surface area contributed by atoms with Crippen LogP contribution in [0.4, 0.5) is 5.13 Å². The second-order valence-corrected chi connectivity index (χ2v) is 7.33. The van der Waals surface area contributed by atoms with Crippen molar-refractivity contribution in [1.29, 1.82) is 0 Å². The van der Waals surface area contributed by atoms with Crippen molar-refractivity contribution < 1.29 is 4.79 Å². The van der Waals surface area contributed by atoms with E-state index in [2.05, 4.69) is 15.4 Å². The molecule has 6 nitrogen and oxygen atoms in total. The molecule has 0 aromatic carbocycles. The third-order valence-corrected chi connectivity index (χ3v) is 5.03. The van der Waals surface area contributed by atoms with Crippen LogP contribution in [0.1, 0.15) is 28.7 Å². The fourth-order valence-electron chi connectivity index (χ4n) is 2.12. The SMILES string of the molecule is CCCn1nc(C(=O)Nc2nc(-c3ccc(C)s3)cs2)ccc1=O. The highest BCUT2D eigenvalue weighted by Gasteiger charge is 2.13. The normalized spacial score (nSPS) is 10.8. The van der Waals surface area contributed by atoms with Crippen LogP contribution >= 0.6 is 22.7 Å². The fourth-order valence-corrected chi connectivity index (χ4v) is 3.73. The van der Waals surface area contributed by atoms with E-state index in [1.54, 1.807) is 11.3 Å². The predicted molar refractivity (Wildman–Crippen MR) is 96.9 cm³/mol. The van der Waals surface area contributed by atoms with Gasteiger partial charge in [-0.25, -0.2) is 9.67 Å². The van der Waals surface area contributed by atoms with E-state index in [1.165, 1.54) is 33.0 Å². The molecule has 0 saturated carbocycles. The van der Waals surface area contributed by atoms with Crippen molar-refractivity contribution >= 4 is 33.7 Å². The molecule has 1 amide bonds. The first-order valence-electron chi connectivity index (χ1n) is 7.48. The van der Waals surface area contributed by atoms with Crippen LogP contribution in [-0.4, -0.2) is 20.7 Å². The van der Waals surface area contributed by atoms with E-state index in [1.807, 2.05) is 31.4 Å². The fraction of sp³-hybridized carbons (Fsp3) is 0.250. The van der Waals surface area contributed by atoms with Gasteiger partial charge in [-0.3, -0.25) is 14.9 Å². The van der Waals surface area contributed by atoms with Gasteiger partial charge in [0.1, 0.15) is 5.69 Å². The van der Waals surface area contributed by atoms with Crippen molar-refractivity contribution in [3.63, 3.8) is 0 Å². The molecule has 0 radical (unpaired) electrons. The van der Waals surface area contributed by atoms with Crippen molar-refractivity contribution in [2.45, 2.75) is 26.8 Å². The zero-order valence-electron chi connectivity index (χ0n) is 13.3. The molecule has 0 saturated heterocycles. The van der Waals surface area contributed by atoms with Crippen LogP contribution in [0, 0.1) is 6.92 Å². The van der Waals surface area contributed by atoms with Gasteiger partial charge in [0.2, 0.25) is 0 Å². The number of rotatable bonds is 5. The van der Waals surface area contributed by atoms with E-state index in [4.69, 9.17) is 0 Å². The Morgan fingerprint density at radius 3 is 2.83 bits per heavy atom. The molecule has 3 heterocycles. The molecule has 0 unspecified atom stereocenters. The molecule has 0 spiro atoms. The molecule has 0 aliphatic heterocycles. The lowest BCUT2D eigenvalue weighted by molar-refractivity contribution is 0.101. The summed E-state index contributed by atoms with van der Waals surface area (Å²) >= 11 is 3.02. The maximum Gasteiger partial charge on any atom is 0.277 e. The Bertz CT molecular complexity index is 926. The molecule has 0 fully saturated rings. The number of hydrogen-bond acceptors (Lipinski definition) is 6. The van der Waals surface area contributed by atoms with Gasteiger partial charge in [0.15, 0.2) is 5.13 Å². The molecule has 24 heavy (non-hydrogen) atoms. The number of carbonyl (C=O) groups is 1. The summed E-state index contributed by atoms with van der Waals surface area (Å²) in [6, 6.07) is 6.85. The number of carbonyl (C=O) groups excluding carboxylic acids is 1. The predicted octanol–water partition coefficient (Wildman–Crippen LogP) is 3.40. The van der Waals surface area contributed by atoms with Gasteiger partial charge >= 0.3 is 0 Å². The van der Waals surface area contributed by atoms with Gasteiger partial charge in [-0.2, -0.15) is 5.10 Å². The summed E-state index contributed by atoms with van der Waals surface area (Å²) in [7, 11) is 0. The number of hydrogen-bond donors (Lipinski definition) is 1. The first-order valence-corrected chi connectivity index (χ1v) is 9.18. The van der Waals surface area contributed by atoms with Crippen molar-refractivity contribution in [1.82, 2.24) is 14.8 Å². The van der Waals surface area contributed by atoms with Crippen molar-refractivity contribution in [2.24, 2.45) is 0 Å². The molecule has 1 N–H and O–H groups in total. The number of nitrogens with zero attached hydrogens (tertiary/aromatic N) is 3. The second kappa shape index (κ2) is 7.06. The number of nitrogens with one attached hydrogen (secondary N) is 1. The van der Waals surface area contributed by atoms with E-state index in [9.17, 15) is 9.59 Å². The van der Waals surface area contributed by atoms with Gasteiger partial charge < -0.3 is 0 Å². The van der Waals surface area contributed by atoms with Crippen LogP contribution in [0.15, 0.2) is 34.4 Å². The highest BCUT2D eigenvalue weighted by Crippen LogP contribution is 2.30. The summed E-state index contributed by atoms with van der Waals surface area (Å²) in [6.45, 7) is 4.48. The Kier molecular flexibility index (Phi) is 4.86. The Hall–Kier alpha value is -2.32. The summed E-state index contributed by atoms with van der Waals surface area (Å²) in [5, 5.41) is 9.26. The number of amides is 1. The molecular formula is C16H16N4O2S2. The Morgan fingerprint density at radius 1 is 1.29 bits per heavy atom. The molecule has 3 aromatic rings. The maximum atomic E-state index is 12.3. The summed E-state index contributed by atoms with van der Waals surface area (Å²) in [4.78, 5) is 30.7. The highest BCUT2D eigenvalue weighted by molar-refractivity contribution is 7.17. The zero-order valence-corrected chi connectivity index (χ0v) is 14.9. The molecular weight excluding hydrogens is 344 g/mol. The first kappa shape index (κ1) is 16.5. The van der Waals surface area contributed by atoms with E-state index in [-0.39, 0.29) is 17.2 Å². The molecule has 0 aliphatic rings. The lowest BCUT2D eigenvalue weighted by Crippen LogP contribution is -2.26. The molecule has 0 bridgehead atoms. The third kappa shape index (κ3) is 3.60. The Labute approximate surface area is 146 Å². The van der Waals surface area contributed by atoms with Gasteiger partial charge in [0.05, 0.1) is 10.6 Å². The van der Waals surface area contributed by atoms with Crippen LogP contribution < -0.4 is 10.9 Å².